The number of nitrogens with one attached hydrogen (secondary N) is 1. The summed E-state index contributed by atoms with van der Waals surface area (Å²) in [6.45, 7) is 5.14. The lowest BCUT2D eigenvalue weighted by Gasteiger charge is -2.34. The van der Waals surface area contributed by atoms with Crippen LogP contribution in [0.15, 0.2) is 0 Å². The second kappa shape index (κ2) is 5.27. The topological polar surface area (TPSA) is 15.3 Å². The average molecular weight is 236 g/mol. The van der Waals surface area contributed by atoms with Crippen LogP contribution in [0.4, 0.5) is 0 Å². The van der Waals surface area contributed by atoms with Crippen LogP contribution in [-0.2, 0) is 0 Å². The quantitative estimate of drug-likeness (QED) is 0.810. The Morgan fingerprint density at radius 3 is 2.53 bits per heavy atom. The Morgan fingerprint density at radius 1 is 0.941 bits per heavy atom. The van der Waals surface area contributed by atoms with Crippen molar-refractivity contribution >= 4 is 0 Å². The summed E-state index contributed by atoms with van der Waals surface area (Å²) in [5, 5.41) is 3.98. The standard InChI is InChI=1S/C15H28N2/c1-12(13-6-2-3-7-13)16-14-9-11-17-10-5-4-8-15(14)17/h12-16H,2-11H2,1H3/t12-,14?,15?/m1/s1. The van der Waals surface area contributed by atoms with E-state index in [9.17, 15) is 0 Å². The van der Waals surface area contributed by atoms with Crippen molar-refractivity contribution in [1.82, 2.24) is 10.2 Å². The van der Waals surface area contributed by atoms with E-state index < -0.39 is 0 Å². The molecule has 2 unspecified atom stereocenters. The van der Waals surface area contributed by atoms with Crippen LogP contribution >= 0.6 is 0 Å². The van der Waals surface area contributed by atoms with Crippen molar-refractivity contribution in [1.29, 1.82) is 0 Å². The molecule has 2 saturated heterocycles. The fourth-order valence-corrected chi connectivity index (χ4v) is 4.37. The van der Waals surface area contributed by atoms with Crippen LogP contribution in [0, 0.1) is 5.92 Å². The Balaban J connectivity index is 1.54. The molecule has 2 nitrogen and oxygen atoms in total. The van der Waals surface area contributed by atoms with Crippen LogP contribution in [-0.4, -0.2) is 36.1 Å². The summed E-state index contributed by atoms with van der Waals surface area (Å²) in [6, 6.07) is 2.42. The highest BCUT2D eigenvalue weighted by molar-refractivity contribution is 4.95. The van der Waals surface area contributed by atoms with Gasteiger partial charge in [-0.25, -0.2) is 0 Å². The number of piperidine rings is 1. The Labute approximate surface area is 106 Å². The third kappa shape index (κ3) is 2.53. The maximum Gasteiger partial charge on any atom is 0.0249 e. The van der Waals surface area contributed by atoms with Crippen LogP contribution in [0.5, 0.6) is 0 Å². The second-order valence-corrected chi connectivity index (χ2v) is 6.49. The lowest BCUT2D eigenvalue weighted by Crippen LogP contribution is -2.49. The lowest BCUT2D eigenvalue weighted by molar-refractivity contribution is 0.172. The highest BCUT2D eigenvalue weighted by Gasteiger charge is 2.36. The van der Waals surface area contributed by atoms with E-state index >= 15 is 0 Å². The molecule has 2 heteroatoms. The summed E-state index contributed by atoms with van der Waals surface area (Å²) in [4.78, 5) is 2.74. The molecular weight excluding hydrogens is 208 g/mol. The molecule has 0 bridgehead atoms. The van der Waals surface area contributed by atoms with Crippen molar-refractivity contribution in [3.8, 4) is 0 Å². The van der Waals surface area contributed by atoms with E-state index in [0.29, 0.717) is 0 Å². The number of hydrogen-bond acceptors (Lipinski definition) is 2. The number of rotatable bonds is 3. The van der Waals surface area contributed by atoms with Gasteiger partial charge in [0.1, 0.15) is 0 Å². The fourth-order valence-electron chi connectivity index (χ4n) is 4.37. The molecular formula is C15H28N2. The smallest absolute Gasteiger partial charge is 0.0249 e. The van der Waals surface area contributed by atoms with E-state index in [4.69, 9.17) is 0 Å². The van der Waals surface area contributed by atoms with Gasteiger partial charge >= 0.3 is 0 Å². The molecule has 2 heterocycles. The normalized spacial score (nSPS) is 37.2. The number of fused-ring (bicyclic) bond motifs is 1. The molecule has 3 rings (SSSR count). The zero-order valence-electron chi connectivity index (χ0n) is 11.3. The van der Waals surface area contributed by atoms with Crippen molar-refractivity contribution < 1.29 is 0 Å². The van der Waals surface area contributed by atoms with Crippen LogP contribution in [0.25, 0.3) is 0 Å². The van der Waals surface area contributed by atoms with Crippen molar-refractivity contribution in [3.63, 3.8) is 0 Å². The number of nitrogens with zero attached hydrogens (tertiary/aromatic N) is 1. The largest absolute Gasteiger partial charge is 0.310 e. The second-order valence-electron chi connectivity index (χ2n) is 6.49. The summed E-state index contributed by atoms with van der Waals surface area (Å²) < 4.78 is 0. The summed E-state index contributed by atoms with van der Waals surface area (Å²) >= 11 is 0. The molecule has 98 valence electrons. The van der Waals surface area contributed by atoms with E-state index in [2.05, 4.69) is 17.1 Å². The first-order valence-electron chi connectivity index (χ1n) is 7.85. The summed E-state index contributed by atoms with van der Waals surface area (Å²) in [6.07, 6.45) is 11.6. The van der Waals surface area contributed by atoms with E-state index in [1.54, 1.807) is 0 Å². The zero-order chi connectivity index (χ0) is 11.7. The molecule has 17 heavy (non-hydrogen) atoms. The molecule has 3 aliphatic rings. The minimum absolute atomic E-state index is 0.754. The van der Waals surface area contributed by atoms with Crippen LogP contribution in [0.2, 0.25) is 0 Å². The van der Waals surface area contributed by atoms with E-state index in [1.807, 2.05) is 0 Å². The van der Waals surface area contributed by atoms with Gasteiger partial charge in [-0.05, 0) is 51.5 Å². The maximum atomic E-state index is 3.98. The Kier molecular flexibility index (Phi) is 3.72. The van der Waals surface area contributed by atoms with E-state index in [-0.39, 0.29) is 0 Å². The van der Waals surface area contributed by atoms with Crippen molar-refractivity contribution in [2.75, 3.05) is 13.1 Å². The molecule has 0 aromatic heterocycles. The van der Waals surface area contributed by atoms with Crippen LogP contribution in [0.1, 0.15) is 58.3 Å². The molecule has 2 aliphatic heterocycles. The van der Waals surface area contributed by atoms with E-state index in [0.717, 1.165) is 24.0 Å². The molecule has 1 saturated carbocycles. The molecule has 3 fully saturated rings. The van der Waals surface area contributed by atoms with Gasteiger partial charge in [0.05, 0.1) is 0 Å². The monoisotopic (exact) mass is 236 g/mol. The lowest BCUT2D eigenvalue weighted by atomic mass is 9.95. The number of hydrogen-bond donors (Lipinski definition) is 1. The first-order chi connectivity index (χ1) is 8.34. The van der Waals surface area contributed by atoms with Gasteiger partial charge in [0.2, 0.25) is 0 Å². The van der Waals surface area contributed by atoms with Gasteiger partial charge < -0.3 is 5.32 Å². The van der Waals surface area contributed by atoms with Gasteiger partial charge in [-0.2, -0.15) is 0 Å². The van der Waals surface area contributed by atoms with Gasteiger partial charge in [-0.1, -0.05) is 19.3 Å². The summed E-state index contributed by atoms with van der Waals surface area (Å²) in [5.41, 5.74) is 0. The Morgan fingerprint density at radius 2 is 1.71 bits per heavy atom. The predicted molar refractivity (Wildman–Crippen MR) is 72.2 cm³/mol. The van der Waals surface area contributed by atoms with Crippen molar-refractivity contribution in [2.24, 2.45) is 5.92 Å². The summed E-state index contributed by atoms with van der Waals surface area (Å²) in [5.74, 6) is 0.965. The first kappa shape index (κ1) is 12.0. The van der Waals surface area contributed by atoms with Crippen molar-refractivity contribution in [2.45, 2.75) is 76.4 Å². The molecule has 0 aromatic rings. The minimum atomic E-state index is 0.754. The Hall–Kier alpha value is -0.0800. The fraction of sp³-hybridized carbons (Fsp3) is 1.00. The summed E-state index contributed by atoms with van der Waals surface area (Å²) in [7, 11) is 0. The molecule has 3 atom stereocenters. The maximum absolute atomic E-state index is 3.98. The minimum Gasteiger partial charge on any atom is -0.310 e. The SMILES string of the molecule is C[C@@H](NC1CCN2CCCCC12)C1CCCC1. The molecule has 0 amide bonds. The molecule has 0 spiro atoms. The molecule has 0 radical (unpaired) electrons. The first-order valence-corrected chi connectivity index (χ1v) is 7.85. The van der Waals surface area contributed by atoms with Gasteiger partial charge in [-0.3, -0.25) is 4.90 Å². The van der Waals surface area contributed by atoms with Crippen LogP contribution < -0.4 is 5.32 Å². The molecule has 1 aliphatic carbocycles. The predicted octanol–water partition coefficient (Wildman–Crippen LogP) is 2.78. The van der Waals surface area contributed by atoms with Gasteiger partial charge in [0.15, 0.2) is 0 Å². The van der Waals surface area contributed by atoms with Gasteiger partial charge in [-0.15, -0.1) is 0 Å². The van der Waals surface area contributed by atoms with Gasteiger partial charge in [0.25, 0.3) is 0 Å². The third-order valence-electron chi connectivity index (χ3n) is 5.44. The van der Waals surface area contributed by atoms with Crippen LogP contribution in [0.3, 0.4) is 0 Å². The van der Waals surface area contributed by atoms with Crippen molar-refractivity contribution in [3.05, 3.63) is 0 Å². The molecule has 1 N–H and O–H groups in total. The molecule has 0 aromatic carbocycles. The van der Waals surface area contributed by atoms with Gasteiger partial charge in [0, 0.05) is 24.7 Å². The highest BCUT2D eigenvalue weighted by Crippen LogP contribution is 2.31. The third-order valence-corrected chi connectivity index (χ3v) is 5.44. The average Bonchev–Trinajstić information content (AvgIpc) is 2.98. The Bertz CT molecular complexity index is 247. The highest BCUT2D eigenvalue weighted by atomic mass is 15.2. The zero-order valence-corrected chi connectivity index (χ0v) is 11.3. The van der Waals surface area contributed by atoms with E-state index in [1.165, 1.54) is 64.5 Å².